The molecular formula is C20H21N3O4S. The van der Waals surface area contributed by atoms with Gasteiger partial charge < -0.3 is 19.2 Å². The van der Waals surface area contributed by atoms with Gasteiger partial charge in [0, 0.05) is 11.8 Å². The zero-order valence-electron chi connectivity index (χ0n) is 15.9. The Bertz CT molecular complexity index is 958. The van der Waals surface area contributed by atoms with Crippen LogP contribution < -0.4 is 14.8 Å². The highest BCUT2D eigenvalue weighted by Gasteiger charge is 2.11. The van der Waals surface area contributed by atoms with Crippen LogP contribution in [0, 0.1) is 13.8 Å². The summed E-state index contributed by atoms with van der Waals surface area (Å²) in [6.07, 6.45) is 0. The first-order valence-corrected chi connectivity index (χ1v) is 9.61. The first-order valence-electron chi connectivity index (χ1n) is 8.62. The summed E-state index contributed by atoms with van der Waals surface area (Å²) in [7, 11) is 1.59. The minimum absolute atomic E-state index is 0.133. The molecule has 0 aliphatic heterocycles. The highest BCUT2D eigenvalue weighted by atomic mass is 32.2. The molecule has 0 atom stereocenters. The number of nitrogens with one attached hydrogen (secondary N) is 1. The summed E-state index contributed by atoms with van der Waals surface area (Å²) < 4.78 is 16.3. The van der Waals surface area contributed by atoms with E-state index < -0.39 is 0 Å². The fraction of sp³-hybridized carbons (Fsp3) is 0.250. The summed E-state index contributed by atoms with van der Waals surface area (Å²) in [6, 6.07) is 13.2. The third kappa shape index (κ3) is 5.50. The van der Waals surface area contributed by atoms with Gasteiger partial charge >= 0.3 is 0 Å². The maximum Gasteiger partial charge on any atom is 0.277 e. The van der Waals surface area contributed by atoms with Gasteiger partial charge in [-0.25, -0.2) is 0 Å². The molecule has 0 bridgehead atoms. The molecule has 1 amide bonds. The third-order valence-electron chi connectivity index (χ3n) is 3.85. The SMILES string of the molecule is COc1cccc(OCc2nnc(SCC(=O)Nc3cc(C)ccc3C)o2)c1. The lowest BCUT2D eigenvalue weighted by atomic mass is 10.1. The Hall–Kier alpha value is -3.00. The number of ether oxygens (including phenoxy) is 2. The predicted molar refractivity (Wildman–Crippen MR) is 107 cm³/mol. The summed E-state index contributed by atoms with van der Waals surface area (Å²) in [5.74, 6) is 1.71. The van der Waals surface area contributed by atoms with Crippen molar-refractivity contribution >= 4 is 23.4 Å². The predicted octanol–water partition coefficient (Wildman–Crippen LogP) is 4.00. The van der Waals surface area contributed by atoms with Crippen molar-refractivity contribution in [2.75, 3.05) is 18.2 Å². The molecule has 8 heteroatoms. The lowest BCUT2D eigenvalue weighted by Crippen LogP contribution is -2.14. The number of amides is 1. The number of anilines is 1. The summed E-state index contributed by atoms with van der Waals surface area (Å²) in [5.41, 5.74) is 2.91. The number of aryl methyl sites for hydroxylation is 2. The van der Waals surface area contributed by atoms with E-state index in [4.69, 9.17) is 13.9 Å². The van der Waals surface area contributed by atoms with E-state index in [1.165, 1.54) is 11.8 Å². The topological polar surface area (TPSA) is 86.5 Å². The molecule has 0 aliphatic carbocycles. The van der Waals surface area contributed by atoms with Crippen molar-refractivity contribution in [1.29, 1.82) is 0 Å². The number of benzene rings is 2. The van der Waals surface area contributed by atoms with Crippen LogP contribution in [0.15, 0.2) is 52.1 Å². The van der Waals surface area contributed by atoms with Crippen LogP contribution >= 0.6 is 11.8 Å². The molecule has 1 heterocycles. The van der Waals surface area contributed by atoms with Gasteiger partial charge in [0.25, 0.3) is 11.1 Å². The van der Waals surface area contributed by atoms with Crippen LogP contribution in [0.3, 0.4) is 0 Å². The zero-order chi connectivity index (χ0) is 19.9. The Morgan fingerprint density at radius 1 is 1.14 bits per heavy atom. The summed E-state index contributed by atoms with van der Waals surface area (Å²) in [4.78, 5) is 12.2. The fourth-order valence-electron chi connectivity index (χ4n) is 2.37. The Labute approximate surface area is 167 Å². The molecule has 1 N–H and O–H groups in total. The second-order valence-electron chi connectivity index (χ2n) is 6.08. The summed E-state index contributed by atoms with van der Waals surface area (Å²) in [6.45, 7) is 4.07. The second kappa shape index (κ2) is 9.27. The highest BCUT2D eigenvalue weighted by molar-refractivity contribution is 7.99. The van der Waals surface area contributed by atoms with Crippen LogP contribution in [0.2, 0.25) is 0 Å². The molecule has 3 aromatic rings. The van der Waals surface area contributed by atoms with Crippen molar-refractivity contribution in [3.05, 3.63) is 59.5 Å². The Balaban J connectivity index is 1.49. The van der Waals surface area contributed by atoms with Crippen molar-refractivity contribution in [3.8, 4) is 11.5 Å². The van der Waals surface area contributed by atoms with Crippen molar-refractivity contribution in [2.45, 2.75) is 25.7 Å². The van der Waals surface area contributed by atoms with E-state index in [1.54, 1.807) is 13.2 Å². The van der Waals surface area contributed by atoms with Crippen molar-refractivity contribution in [1.82, 2.24) is 10.2 Å². The molecule has 28 heavy (non-hydrogen) atoms. The first kappa shape index (κ1) is 19.8. The van der Waals surface area contributed by atoms with Gasteiger partial charge in [0.15, 0.2) is 6.61 Å². The van der Waals surface area contributed by atoms with Crippen LogP contribution in [-0.2, 0) is 11.4 Å². The molecule has 146 valence electrons. The normalized spacial score (nSPS) is 10.5. The number of hydrogen-bond acceptors (Lipinski definition) is 7. The van der Waals surface area contributed by atoms with E-state index in [-0.39, 0.29) is 18.3 Å². The van der Waals surface area contributed by atoms with Crippen LogP contribution in [0.5, 0.6) is 11.5 Å². The van der Waals surface area contributed by atoms with Crippen molar-refractivity contribution in [2.24, 2.45) is 0 Å². The number of hydrogen-bond donors (Lipinski definition) is 1. The Morgan fingerprint density at radius 2 is 1.96 bits per heavy atom. The van der Waals surface area contributed by atoms with Gasteiger partial charge in [-0.3, -0.25) is 4.79 Å². The lowest BCUT2D eigenvalue weighted by Gasteiger charge is -2.08. The maximum atomic E-state index is 12.2. The third-order valence-corrected chi connectivity index (χ3v) is 4.66. The summed E-state index contributed by atoms with van der Waals surface area (Å²) in [5, 5.41) is 11.1. The monoisotopic (exact) mass is 399 g/mol. The number of methoxy groups -OCH3 is 1. The van der Waals surface area contributed by atoms with Gasteiger partial charge in [0.2, 0.25) is 5.91 Å². The maximum absolute atomic E-state index is 12.2. The number of thioether (sulfide) groups is 1. The van der Waals surface area contributed by atoms with Gasteiger partial charge in [-0.1, -0.05) is 30.0 Å². The van der Waals surface area contributed by atoms with Crippen molar-refractivity contribution < 1.29 is 18.7 Å². The fourth-order valence-corrected chi connectivity index (χ4v) is 2.96. The highest BCUT2D eigenvalue weighted by Crippen LogP contribution is 2.22. The van der Waals surface area contributed by atoms with Crippen LogP contribution in [0.25, 0.3) is 0 Å². The number of carbonyl (C=O) groups excluding carboxylic acids is 1. The first-order chi connectivity index (χ1) is 13.5. The molecule has 0 radical (unpaired) electrons. The number of aromatic nitrogens is 2. The lowest BCUT2D eigenvalue weighted by molar-refractivity contribution is -0.113. The quantitative estimate of drug-likeness (QED) is 0.573. The van der Waals surface area contributed by atoms with E-state index in [9.17, 15) is 4.79 Å². The average Bonchev–Trinajstić information content (AvgIpc) is 3.16. The molecule has 0 saturated heterocycles. The minimum atomic E-state index is -0.133. The average molecular weight is 399 g/mol. The smallest absolute Gasteiger partial charge is 0.277 e. The number of carbonyl (C=O) groups is 1. The molecular weight excluding hydrogens is 378 g/mol. The Morgan fingerprint density at radius 3 is 2.79 bits per heavy atom. The molecule has 0 fully saturated rings. The minimum Gasteiger partial charge on any atom is -0.497 e. The largest absolute Gasteiger partial charge is 0.497 e. The molecule has 0 aliphatic rings. The molecule has 3 rings (SSSR count). The standard InChI is InChI=1S/C20H21N3O4S/c1-13-7-8-14(2)17(9-13)21-18(24)12-28-20-23-22-19(27-20)11-26-16-6-4-5-15(10-16)25-3/h4-10H,11-12H2,1-3H3,(H,21,24). The van der Waals surface area contributed by atoms with Gasteiger partial charge in [0.1, 0.15) is 11.5 Å². The van der Waals surface area contributed by atoms with Gasteiger partial charge in [0.05, 0.1) is 12.9 Å². The number of nitrogens with zero attached hydrogens (tertiary/aromatic N) is 2. The van der Waals surface area contributed by atoms with E-state index in [2.05, 4.69) is 15.5 Å². The zero-order valence-corrected chi connectivity index (χ0v) is 16.7. The summed E-state index contributed by atoms with van der Waals surface area (Å²) >= 11 is 1.18. The number of rotatable bonds is 8. The van der Waals surface area contributed by atoms with Crippen LogP contribution in [-0.4, -0.2) is 29.0 Å². The van der Waals surface area contributed by atoms with E-state index in [0.717, 1.165) is 16.8 Å². The van der Waals surface area contributed by atoms with E-state index >= 15 is 0 Å². The Kier molecular flexibility index (Phi) is 6.54. The molecule has 2 aromatic carbocycles. The van der Waals surface area contributed by atoms with Crippen LogP contribution in [0.1, 0.15) is 17.0 Å². The molecule has 0 saturated carbocycles. The van der Waals surface area contributed by atoms with E-state index in [1.807, 2.05) is 50.2 Å². The van der Waals surface area contributed by atoms with E-state index in [0.29, 0.717) is 22.6 Å². The van der Waals surface area contributed by atoms with Crippen molar-refractivity contribution in [3.63, 3.8) is 0 Å². The van der Waals surface area contributed by atoms with Crippen LogP contribution in [0.4, 0.5) is 5.69 Å². The second-order valence-corrected chi connectivity index (χ2v) is 7.01. The molecule has 0 spiro atoms. The molecule has 7 nitrogen and oxygen atoms in total. The molecule has 1 aromatic heterocycles. The van der Waals surface area contributed by atoms with Gasteiger partial charge in [-0.2, -0.15) is 0 Å². The van der Waals surface area contributed by atoms with Gasteiger partial charge in [-0.15, -0.1) is 10.2 Å². The van der Waals surface area contributed by atoms with Gasteiger partial charge in [-0.05, 0) is 43.2 Å². The molecule has 0 unspecified atom stereocenters.